The first-order valence-electron chi connectivity index (χ1n) is 30.2. The number of rotatable bonds is 52. The summed E-state index contributed by atoms with van der Waals surface area (Å²) in [7, 11) is 5.91. The van der Waals surface area contributed by atoms with Gasteiger partial charge in [-0.05, 0) is 141 Å². The van der Waals surface area contributed by atoms with Gasteiger partial charge in [0.1, 0.15) is 13.2 Å². The molecule has 0 aromatic heterocycles. The Kier molecular flexibility index (Phi) is 55.4. The molecule has 0 saturated carbocycles. The van der Waals surface area contributed by atoms with Gasteiger partial charge < -0.3 is 28.5 Å². The third-order valence-electron chi connectivity index (χ3n) is 11.5. The number of nitrogens with zero attached hydrogens (tertiary/aromatic N) is 1. The predicted octanol–water partition coefficient (Wildman–Crippen LogP) is 18.4. The van der Waals surface area contributed by atoms with E-state index in [4.69, 9.17) is 18.9 Å². The number of carbonyl (C=O) groups is 3. The second kappa shape index (κ2) is 60.0. The zero-order valence-corrected chi connectivity index (χ0v) is 50.8. The Labute approximate surface area is 493 Å². The molecule has 2 unspecified atom stereocenters. The number of carboxylic acids is 1. The van der Waals surface area contributed by atoms with Gasteiger partial charge >= 0.3 is 17.9 Å². The molecule has 0 rings (SSSR count). The van der Waals surface area contributed by atoms with Crippen LogP contribution in [0, 0.1) is 0 Å². The normalized spacial score (nSPS) is 14.2. The molecule has 0 spiro atoms. The fraction of sp³-hybridized carbons (Fsp3) is 0.486. The van der Waals surface area contributed by atoms with Gasteiger partial charge in [0, 0.05) is 12.8 Å². The molecular formula is C72H108NO8+. The average Bonchev–Trinajstić information content (AvgIpc) is 3.44. The highest BCUT2D eigenvalue weighted by molar-refractivity contribution is 5.71. The van der Waals surface area contributed by atoms with Crippen molar-refractivity contribution in [3.63, 3.8) is 0 Å². The number of carboxylic acid groups (broad SMARTS) is 1. The van der Waals surface area contributed by atoms with Gasteiger partial charge in [-0.25, -0.2) is 4.79 Å². The Bertz CT molecular complexity index is 2070. The van der Waals surface area contributed by atoms with Crippen LogP contribution in [0.1, 0.15) is 168 Å². The standard InChI is InChI=1S/C72H107NO8/c1-6-8-10-12-14-16-18-20-22-24-26-28-30-32-34-35-37-39-41-43-45-47-49-51-53-55-57-59-61-63-70(75)81-68(67-80-72(71(76)77)78-65-64-73(3,4)5)66-79-69(74)62-60-58-56-54-52-50-48-46-44-42-40-38-36-33-31-29-27-25-23-21-19-17-15-13-11-9-7-2/h8-11,14-17,20-23,26-29,32-34,36-37,39-40,42-43,45-46,48-49,51-52,54-55,57,68,72H,6-7,12-13,18-19,24-25,30-31,35,38,41,44,47,50,53,56,58-67H2,1-5H3/p+1/b10-8-,11-9-,16-14-,17-15-,22-20-,23-21-,28-26-,29-27-,34-32-,36-33-,39-37-,42-40-,45-43-,48-46-,51-49-,54-52-,57-55-. The first-order valence-corrected chi connectivity index (χ1v) is 30.2. The van der Waals surface area contributed by atoms with Crippen molar-refractivity contribution in [2.45, 2.75) is 180 Å². The van der Waals surface area contributed by atoms with Crippen LogP contribution in [-0.2, 0) is 33.3 Å². The number of ether oxygens (including phenoxy) is 4. The highest BCUT2D eigenvalue weighted by Crippen LogP contribution is 2.10. The molecule has 0 aliphatic heterocycles. The van der Waals surface area contributed by atoms with Gasteiger partial charge in [-0.2, -0.15) is 0 Å². The molecule has 0 bridgehead atoms. The minimum absolute atomic E-state index is 0.154. The summed E-state index contributed by atoms with van der Waals surface area (Å²) in [6, 6.07) is 0. The van der Waals surface area contributed by atoms with Crippen LogP contribution < -0.4 is 0 Å². The second-order valence-electron chi connectivity index (χ2n) is 20.2. The van der Waals surface area contributed by atoms with E-state index >= 15 is 0 Å². The van der Waals surface area contributed by atoms with Crippen LogP contribution in [0.4, 0.5) is 0 Å². The third kappa shape index (κ3) is 61.3. The number of allylic oxidation sites excluding steroid dienone is 34. The SMILES string of the molecule is CC/C=C\C/C=C\C/C=C\C/C=C\C/C=C\C/C=C\C/C=C\C/C=C\C/C=C\CCCC(=O)OC(COC(=O)CCCC/C=C\C/C=C\C/C=C\C/C=C\C/C=C\C/C=C\C/C=C\C/C=C\CC)COC(OCC[N+](C)(C)C)C(=O)O. The van der Waals surface area contributed by atoms with E-state index in [1.807, 2.05) is 27.2 Å². The number of unbranched alkanes of at least 4 members (excludes halogenated alkanes) is 3. The number of quaternary nitrogens is 1. The zero-order chi connectivity index (χ0) is 59.1. The van der Waals surface area contributed by atoms with E-state index in [0.717, 1.165) is 122 Å². The molecule has 81 heavy (non-hydrogen) atoms. The fourth-order valence-corrected chi connectivity index (χ4v) is 6.97. The average molecular weight is 1120 g/mol. The van der Waals surface area contributed by atoms with Gasteiger partial charge in [0.2, 0.25) is 0 Å². The number of aliphatic carboxylic acids is 1. The highest BCUT2D eigenvalue weighted by atomic mass is 16.7. The number of esters is 2. The van der Waals surface area contributed by atoms with E-state index in [0.29, 0.717) is 30.3 Å². The molecule has 1 N–H and O–H groups in total. The van der Waals surface area contributed by atoms with Gasteiger partial charge in [-0.1, -0.05) is 220 Å². The monoisotopic (exact) mass is 1110 g/mol. The Hall–Kier alpha value is -6.13. The van der Waals surface area contributed by atoms with Crippen LogP contribution in [0.15, 0.2) is 207 Å². The Morgan fingerprint density at radius 2 is 0.667 bits per heavy atom. The molecule has 2 atom stereocenters. The maximum Gasteiger partial charge on any atom is 0.361 e. The van der Waals surface area contributed by atoms with Gasteiger partial charge in [0.25, 0.3) is 6.29 Å². The van der Waals surface area contributed by atoms with Crippen LogP contribution in [0.2, 0.25) is 0 Å². The van der Waals surface area contributed by atoms with Crippen molar-refractivity contribution in [2.75, 3.05) is 47.5 Å². The number of hydrogen-bond acceptors (Lipinski definition) is 7. The topological polar surface area (TPSA) is 108 Å². The lowest BCUT2D eigenvalue weighted by atomic mass is 10.2. The molecule has 0 amide bonds. The lowest BCUT2D eigenvalue weighted by Gasteiger charge is -2.25. The van der Waals surface area contributed by atoms with Crippen LogP contribution in [0.25, 0.3) is 0 Å². The quantitative estimate of drug-likeness (QED) is 0.0211. The van der Waals surface area contributed by atoms with Crippen LogP contribution in [0.3, 0.4) is 0 Å². The summed E-state index contributed by atoms with van der Waals surface area (Å²) in [4.78, 5) is 37.4. The summed E-state index contributed by atoms with van der Waals surface area (Å²) >= 11 is 0. The lowest BCUT2D eigenvalue weighted by molar-refractivity contribution is -0.870. The maximum atomic E-state index is 12.9. The van der Waals surface area contributed by atoms with Crippen molar-refractivity contribution < 1.29 is 42.9 Å². The van der Waals surface area contributed by atoms with Gasteiger partial charge in [-0.3, -0.25) is 9.59 Å². The fourth-order valence-electron chi connectivity index (χ4n) is 6.97. The van der Waals surface area contributed by atoms with Crippen molar-refractivity contribution in [1.29, 1.82) is 0 Å². The van der Waals surface area contributed by atoms with Crippen molar-refractivity contribution in [1.82, 2.24) is 0 Å². The van der Waals surface area contributed by atoms with Gasteiger partial charge in [-0.15, -0.1) is 0 Å². The summed E-state index contributed by atoms with van der Waals surface area (Å²) < 4.78 is 22.7. The van der Waals surface area contributed by atoms with E-state index in [9.17, 15) is 19.5 Å². The van der Waals surface area contributed by atoms with Crippen molar-refractivity contribution >= 4 is 17.9 Å². The molecule has 0 aliphatic rings. The van der Waals surface area contributed by atoms with E-state index in [1.54, 1.807) is 0 Å². The molecule has 0 aliphatic carbocycles. The summed E-state index contributed by atoms with van der Waals surface area (Å²) in [5, 5.41) is 9.71. The minimum atomic E-state index is -1.55. The molecule has 0 radical (unpaired) electrons. The van der Waals surface area contributed by atoms with Gasteiger partial charge in [0.05, 0.1) is 34.4 Å². The molecule has 0 saturated heterocycles. The molecule has 9 heteroatoms. The summed E-state index contributed by atoms with van der Waals surface area (Å²) in [6.45, 7) is 4.48. The molecule has 0 aromatic rings. The van der Waals surface area contributed by atoms with Crippen LogP contribution in [-0.4, -0.2) is 87.4 Å². The first-order chi connectivity index (χ1) is 39.6. The third-order valence-corrected chi connectivity index (χ3v) is 11.5. The second-order valence-corrected chi connectivity index (χ2v) is 20.2. The Balaban J connectivity index is 4.50. The van der Waals surface area contributed by atoms with E-state index in [-0.39, 0.29) is 32.7 Å². The number of likely N-dealkylation sites (N-methyl/N-ethyl adjacent to an activating group) is 1. The highest BCUT2D eigenvalue weighted by Gasteiger charge is 2.25. The summed E-state index contributed by atoms with van der Waals surface area (Å²) in [5.74, 6) is -2.18. The Morgan fingerprint density at radius 3 is 0.975 bits per heavy atom. The van der Waals surface area contributed by atoms with Crippen LogP contribution >= 0.6 is 0 Å². The molecule has 448 valence electrons. The van der Waals surface area contributed by atoms with Crippen LogP contribution in [0.5, 0.6) is 0 Å². The van der Waals surface area contributed by atoms with E-state index in [2.05, 4.69) is 214 Å². The van der Waals surface area contributed by atoms with E-state index < -0.39 is 30.3 Å². The molecule has 0 heterocycles. The largest absolute Gasteiger partial charge is 0.477 e. The molecule has 0 aromatic carbocycles. The molecule has 9 nitrogen and oxygen atoms in total. The summed E-state index contributed by atoms with van der Waals surface area (Å²) in [6.07, 6.45) is 92.1. The van der Waals surface area contributed by atoms with Crippen molar-refractivity contribution in [2.24, 2.45) is 0 Å². The molecule has 0 fully saturated rings. The number of hydrogen-bond donors (Lipinski definition) is 1. The Morgan fingerprint density at radius 1 is 0.370 bits per heavy atom. The zero-order valence-electron chi connectivity index (χ0n) is 50.8. The van der Waals surface area contributed by atoms with E-state index in [1.165, 1.54) is 0 Å². The van der Waals surface area contributed by atoms with Gasteiger partial charge in [0.15, 0.2) is 6.10 Å². The molecular weight excluding hydrogens is 1010 g/mol. The predicted molar refractivity (Wildman–Crippen MR) is 345 cm³/mol. The number of carbonyl (C=O) groups excluding carboxylic acids is 2. The van der Waals surface area contributed by atoms with Crippen molar-refractivity contribution in [3.8, 4) is 0 Å². The lowest BCUT2D eigenvalue weighted by Crippen LogP contribution is -2.40. The maximum absolute atomic E-state index is 12.9. The summed E-state index contributed by atoms with van der Waals surface area (Å²) in [5.41, 5.74) is 0. The smallest absolute Gasteiger partial charge is 0.361 e. The first kappa shape index (κ1) is 74.9. The minimum Gasteiger partial charge on any atom is -0.477 e. The van der Waals surface area contributed by atoms with Crippen molar-refractivity contribution in [3.05, 3.63) is 207 Å².